The molecule has 0 atom stereocenters. The summed E-state index contributed by atoms with van der Waals surface area (Å²) in [5.74, 6) is 1.10. The van der Waals surface area contributed by atoms with E-state index in [2.05, 4.69) is 15.5 Å². The maximum absolute atomic E-state index is 12.0. The number of imide groups is 1. The van der Waals surface area contributed by atoms with E-state index in [4.69, 9.17) is 5.73 Å². The van der Waals surface area contributed by atoms with Crippen molar-refractivity contribution in [2.24, 2.45) is 5.73 Å². The molecule has 1 saturated heterocycles. The molecule has 0 aliphatic carbocycles. The summed E-state index contributed by atoms with van der Waals surface area (Å²) in [6.45, 7) is 6.80. The Labute approximate surface area is 127 Å². The smallest absolute Gasteiger partial charge is 0.324 e. The molecular weight excluding hydrogens is 292 g/mol. The lowest BCUT2D eigenvalue weighted by molar-refractivity contribution is -0.130. The Morgan fingerprint density at radius 3 is 2.57 bits per heavy atom. The second-order valence-corrected chi connectivity index (χ2v) is 6.27. The topological polar surface area (TPSA) is 106 Å². The SMILES string of the molecule is CCn1c(CN)nnc1SCCN1C(=O)NC(C)(C)C1=O. The van der Waals surface area contributed by atoms with E-state index >= 15 is 0 Å². The molecule has 1 fully saturated rings. The van der Waals surface area contributed by atoms with Crippen LogP contribution < -0.4 is 11.1 Å². The van der Waals surface area contributed by atoms with E-state index in [-0.39, 0.29) is 11.9 Å². The van der Waals surface area contributed by atoms with Crippen molar-refractivity contribution in [3.05, 3.63) is 5.82 Å². The van der Waals surface area contributed by atoms with Crippen LogP contribution in [0.15, 0.2) is 5.16 Å². The molecule has 8 nitrogen and oxygen atoms in total. The molecular formula is C12H20N6O2S. The van der Waals surface area contributed by atoms with Crippen LogP contribution in [0.2, 0.25) is 0 Å². The third-order valence-electron chi connectivity index (χ3n) is 3.28. The summed E-state index contributed by atoms with van der Waals surface area (Å²) in [4.78, 5) is 25.0. The van der Waals surface area contributed by atoms with Crippen LogP contribution in [0.25, 0.3) is 0 Å². The fourth-order valence-corrected chi connectivity index (χ4v) is 3.09. The van der Waals surface area contributed by atoms with E-state index < -0.39 is 5.54 Å². The van der Waals surface area contributed by atoms with Crippen LogP contribution in [0.5, 0.6) is 0 Å². The first-order valence-corrected chi connectivity index (χ1v) is 7.78. The Balaban J connectivity index is 1.95. The standard InChI is InChI=1S/C12H20N6O2S/c1-4-17-8(7-13)15-16-11(17)21-6-5-18-9(19)12(2,3)14-10(18)20/h4-7,13H2,1-3H3,(H,14,20). The van der Waals surface area contributed by atoms with Crippen molar-refractivity contribution in [2.75, 3.05) is 12.3 Å². The van der Waals surface area contributed by atoms with E-state index in [0.717, 1.165) is 17.5 Å². The second kappa shape index (κ2) is 6.02. The van der Waals surface area contributed by atoms with Crippen molar-refractivity contribution in [3.8, 4) is 0 Å². The number of hydrogen-bond donors (Lipinski definition) is 2. The van der Waals surface area contributed by atoms with E-state index in [1.807, 2.05) is 11.5 Å². The minimum atomic E-state index is -0.822. The summed E-state index contributed by atoms with van der Waals surface area (Å²) in [6, 6.07) is -0.342. The molecule has 116 valence electrons. The highest BCUT2D eigenvalue weighted by molar-refractivity contribution is 7.99. The van der Waals surface area contributed by atoms with Gasteiger partial charge in [0.05, 0.1) is 6.54 Å². The molecule has 9 heteroatoms. The quantitative estimate of drug-likeness (QED) is 0.573. The van der Waals surface area contributed by atoms with Gasteiger partial charge in [0.15, 0.2) is 5.16 Å². The van der Waals surface area contributed by atoms with Crippen molar-refractivity contribution in [3.63, 3.8) is 0 Å². The fraction of sp³-hybridized carbons (Fsp3) is 0.667. The number of nitrogens with one attached hydrogen (secondary N) is 1. The lowest BCUT2D eigenvalue weighted by atomic mass is 10.1. The molecule has 3 N–H and O–H groups in total. The molecule has 0 bridgehead atoms. The number of amides is 3. The summed E-state index contributed by atoms with van der Waals surface area (Å²) in [5, 5.41) is 11.5. The zero-order valence-corrected chi connectivity index (χ0v) is 13.2. The third-order valence-corrected chi connectivity index (χ3v) is 4.23. The van der Waals surface area contributed by atoms with Gasteiger partial charge >= 0.3 is 6.03 Å². The Morgan fingerprint density at radius 1 is 1.33 bits per heavy atom. The lowest BCUT2D eigenvalue weighted by Gasteiger charge is -2.15. The lowest BCUT2D eigenvalue weighted by Crippen LogP contribution is -2.40. The van der Waals surface area contributed by atoms with Crippen LogP contribution in [-0.2, 0) is 17.9 Å². The van der Waals surface area contributed by atoms with Gasteiger partial charge in [0, 0.05) is 18.8 Å². The average Bonchev–Trinajstić information content (AvgIpc) is 2.91. The third kappa shape index (κ3) is 3.03. The highest BCUT2D eigenvalue weighted by Gasteiger charge is 2.43. The average molecular weight is 312 g/mol. The van der Waals surface area contributed by atoms with E-state index in [1.54, 1.807) is 13.8 Å². The summed E-state index contributed by atoms with van der Waals surface area (Å²) >= 11 is 1.46. The number of thioether (sulfide) groups is 1. The van der Waals surface area contributed by atoms with Gasteiger partial charge in [-0.05, 0) is 20.8 Å². The molecule has 1 aliphatic rings. The highest BCUT2D eigenvalue weighted by Crippen LogP contribution is 2.20. The van der Waals surface area contributed by atoms with Crippen molar-refractivity contribution in [1.82, 2.24) is 25.0 Å². The van der Waals surface area contributed by atoms with E-state index in [9.17, 15) is 9.59 Å². The van der Waals surface area contributed by atoms with Gasteiger partial charge in [-0.25, -0.2) is 4.79 Å². The molecule has 2 rings (SSSR count). The van der Waals surface area contributed by atoms with Gasteiger partial charge in [0.25, 0.3) is 5.91 Å². The first kappa shape index (κ1) is 15.8. The molecule has 21 heavy (non-hydrogen) atoms. The Morgan fingerprint density at radius 2 is 2.05 bits per heavy atom. The van der Waals surface area contributed by atoms with Crippen LogP contribution in [0, 0.1) is 0 Å². The molecule has 1 aliphatic heterocycles. The maximum atomic E-state index is 12.0. The Hall–Kier alpha value is -1.61. The predicted molar refractivity (Wildman–Crippen MR) is 78.6 cm³/mol. The molecule has 2 heterocycles. The van der Waals surface area contributed by atoms with E-state index in [0.29, 0.717) is 18.8 Å². The molecule has 0 spiro atoms. The van der Waals surface area contributed by atoms with Gasteiger partial charge < -0.3 is 15.6 Å². The molecule has 3 amide bonds. The first-order valence-electron chi connectivity index (χ1n) is 6.79. The normalized spacial score (nSPS) is 17.4. The van der Waals surface area contributed by atoms with Crippen molar-refractivity contribution >= 4 is 23.7 Å². The van der Waals surface area contributed by atoms with Gasteiger partial charge in [0.1, 0.15) is 11.4 Å². The van der Waals surface area contributed by atoms with Crippen LogP contribution in [0.3, 0.4) is 0 Å². The zero-order valence-electron chi connectivity index (χ0n) is 12.4. The van der Waals surface area contributed by atoms with Crippen LogP contribution in [0.4, 0.5) is 4.79 Å². The zero-order chi connectivity index (χ0) is 15.6. The number of nitrogens with two attached hydrogens (primary N) is 1. The fourth-order valence-electron chi connectivity index (χ4n) is 2.14. The van der Waals surface area contributed by atoms with Gasteiger partial charge in [0.2, 0.25) is 0 Å². The molecule has 0 unspecified atom stereocenters. The van der Waals surface area contributed by atoms with Gasteiger partial charge in [-0.15, -0.1) is 10.2 Å². The number of carbonyl (C=O) groups is 2. The number of carbonyl (C=O) groups excluding carboxylic acids is 2. The van der Waals surface area contributed by atoms with Gasteiger partial charge in [-0.3, -0.25) is 9.69 Å². The summed E-state index contributed by atoms with van der Waals surface area (Å²) in [5.41, 5.74) is 4.77. The molecule has 1 aromatic rings. The van der Waals surface area contributed by atoms with Crippen LogP contribution >= 0.6 is 11.8 Å². The van der Waals surface area contributed by atoms with Gasteiger partial charge in [-0.1, -0.05) is 11.8 Å². The van der Waals surface area contributed by atoms with Crippen molar-refractivity contribution in [2.45, 2.75) is 44.6 Å². The summed E-state index contributed by atoms with van der Waals surface area (Å²) < 4.78 is 1.93. The first-order chi connectivity index (χ1) is 9.90. The number of aromatic nitrogens is 3. The Bertz CT molecular complexity index is 556. The van der Waals surface area contributed by atoms with Crippen molar-refractivity contribution in [1.29, 1.82) is 0 Å². The molecule has 1 aromatic heterocycles. The number of rotatable bonds is 6. The van der Waals surface area contributed by atoms with Crippen molar-refractivity contribution < 1.29 is 9.59 Å². The van der Waals surface area contributed by atoms with Crippen LogP contribution in [0.1, 0.15) is 26.6 Å². The monoisotopic (exact) mass is 312 g/mol. The molecule has 0 aromatic carbocycles. The summed E-state index contributed by atoms with van der Waals surface area (Å²) in [6.07, 6.45) is 0. The number of hydrogen-bond acceptors (Lipinski definition) is 6. The van der Waals surface area contributed by atoms with Gasteiger partial charge in [-0.2, -0.15) is 0 Å². The van der Waals surface area contributed by atoms with E-state index in [1.165, 1.54) is 16.7 Å². The van der Waals surface area contributed by atoms with Crippen LogP contribution in [-0.4, -0.2) is 49.4 Å². The molecule has 0 radical (unpaired) electrons. The minimum Gasteiger partial charge on any atom is -0.324 e. The Kier molecular flexibility index (Phi) is 4.52. The maximum Gasteiger partial charge on any atom is 0.325 e. The molecule has 0 saturated carbocycles. The number of nitrogens with zero attached hydrogens (tertiary/aromatic N) is 4. The largest absolute Gasteiger partial charge is 0.325 e. The summed E-state index contributed by atoms with van der Waals surface area (Å²) in [7, 11) is 0. The second-order valence-electron chi connectivity index (χ2n) is 5.21. The predicted octanol–water partition coefficient (Wildman–Crippen LogP) is 0.179. The number of urea groups is 1. The highest BCUT2D eigenvalue weighted by atomic mass is 32.2. The minimum absolute atomic E-state index is 0.201.